The van der Waals surface area contributed by atoms with Crippen LogP contribution in [0.5, 0.6) is 0 Å². The van der Waals surface area contributed by atoms with Gasteiger partial charge in [0.25, 0.3) is 17.7 Å². The van der Waals surface area contributed by atoms with Gasteiger partial charge in [-0.15, -0.1) is 0 Å². The van der Waals surface area contributed by atoms with Crippen LogP contribution in [0.2, 0.25) is 0 Å². The Hall–Kier alpha value is -2.74. The van der Waals surface area contributed by atoms with Crippen molar-refractivity contribution < 1.29 is 19.2 Å². The zero-order chi connectivity index (χ0) is 14.9. The van der Waals surface area contributed by atoms with Crippen molar-refractivity contribution in [3.05, 3.63) is 29.3 Å². The molecule has 4 amide bonds. The highest BCUT2D eigenvalue weighted by Gasteiger charge is 2.40. The highest BCUT2D eigenvalue weighted by atomic mass is 16.2. The molecule has 20 heavy (non-hydrogen) atoms. The van der Waals surface area contributed by atoms with Crippen molar-refractivity contribution in [1.82, 2.24) is 10.2 Å². The van der Waals surface area contributed by atoms with Crippen LogP contribution >= 0.6 is 0 Å². The molecule has 104 valence electrons. The number of rotatable bonds is 3. The Morgan fingerprint density at radius 3 is 2.50 bits per heavy atom. The number of hydrogen-bond donors (Lipinski definition) is 3. The first kappa shape index (κ1) is 13.7. The molecule has 0 saturated heterocycles. The van der Waals surface area contributed by atoms with Gasteiger partial charge in [0.05, 0.1) is 24.2 Å². The van der Waals surface area contributed by atoms with E-state index in [0.29, 0.717) is 4.90 Å². The van der Waals surface area contributed by atoms with Gasteiger partial charge in [-0.2, -0.15) is 0 Å². The number of carbonyl (C=O) groups excluding carboxylic acids is 4. The summed E-state index contributed by atoms with van der Waals surface area (Å²) in [5.41, 5.74) is 10.9. The molecule has 1 heterocycles. The summed E-state index contributed by atoms with van der Waals surface area (Å²) in [6, 6.07) is 4.40. The third kappa shape index (κ3) is 2.12. The molecule has 0 aromatic heterocycles. The molecular formula is C12H12N4O4. The van der Waals surface area contributed by atoms with Crippen LogP contribution in [0.1, 0.15) is 20.7 Å². The largest absolute Gasteiger partial charge is 0.398 e. The predicted molar refractivity (Wildman–Crippen MR) is 68.4 cm³/mol. The summed E-state index contributed by atoms with van der Waals surface area (Å²) in [6.45, 7) is -0.774. The zero-order valence-corrected chi connectivity index (χ0v) is 10.4. The Kier molecular flexibility index (Phi) is 3.49. The lowest BCUT2D eigenvalue weighted by Gasteiger charge is -2.12. The summed E-state index contributed by atoms with van der Waals surface area (Å²) < 4.78 is 0. The molecular weight excluding hydrogens is 264 g/mol. The quantitative estimate of drug-likeness (QED) is 0.452. The Balaban J connectivity index is 2.22. The Bertz CT molecular complexity index is 626. The molecule has 0 atom stereocenters. The van der Waals surface area contributed by atoms with Crippen molar-refractivity contribution in [3.8, 4) is 0 Å². The fourth-order valence-corrected chi connectivity index (χ4v) is 1.86. The third-order valence-corrected chi connectivity index (χ3v) is 2.82. The SMILES string of the molecule is NCC(=O)NCC(=O)N1C(=O)c2cccc(N)c2C1=O. The average molecular weight is 276 g/mol. The highest BCUT2D eigenvalue weighted by Crippen LogP contribution is 2.27. The number of benzene rings is 1. The van der Waals surface area contributed by atoms with Crippen molar-refractivity contribution >= 4 is 29.3 Å². The first-order valence-corrected chi connectivity index (χ1v) is 5.74. The zero-order valence-electron chi connectivity index (χ0n) is 10.4. The summed E-state index contributed by atoms with van der Waals surface area (Å²) in [5, 5.41) is 2.20. The minimum absolute atomic E-state index is 0.0102. The molecule has 5 N–H and O–H groups in total. The average Bonchev–Trinajstić information content (AvgIpc) is 2.69. The number of nitrogens with zero attached hydrogens (tertiary/aromatic N) is 1. The van der Waals surface area contributed by atoms with Crippen LogP contribution in [0.3, 0.4) is 0 Å². The summed E-state index contributed by atoms with van der Waals surface area (Å²) in [6.07, 6.45) is 0. The maximum absolute atomic E-state index is 12.1. The van der Waals surface area contributed by atoms with Gasteiger partial charge in [0.1, 0.15) is 0 Å². The number of nitrogen functional groups attached to an aromatic ring is 1. The molecule has 0 saturated carbocycles. The Morgan fingerprint density at radius 2 is 1.90 bits per heavy atom. The second kappa shape index (κ2) is 5.10. The van der Waals surface area contributed by atoms with Gasteiger partial charge in [-0.1, -0.05) is 6.07 Å². The van der Waals surface area contributed by atoms with Crippen molar-refractivity contribution in [2.24, 2.45) is 5.73 Å². The Labute approximate surface area is 113 Å². The van der Waals surface area contributed by atoms with Crippen molar-refractivity contribution in [2.75, 3.05) is 18.8 Å². The van der Waals surface area contributed by atoms with E-state index in [1.165, 1.54) is 18.2 Å². The van der Waals surface area contributed by atoms with Gasteiger partial charge in [0.2, 0.25) is 5.91 Å². The first-order chi connectivity index (χ1) is 9.47. The number of amides is 4. The topological polar surface area (TPSA) is 136 Å². The molecule has 0 aliphatic carbocycles. The van der Waals surface area contributed by atoms with E-state index in [4.69, 9.17) is 11.5 Å². The fraction of sp³-hybridized carbons (Fsp3) is 0.167. The predicted octanol–water partition coefficient (Wildman–Crippen LogP) is -1.53. The van der Waals surface area contributed by atoms with Crippen molar-refractivity contribution in [1.29, 1.82) is 0 Å². The van der Waals surface area contributed by atoms with Crippen molar-refractivity contribution in [3.63, 3.8) is 0 Å². The number of imide groups is 3. The molecule has 1 aromatic carbocycles. The molecule has 0 radical (unpaired) electrons. The van der Waals surface area contributed by atoms with Crippen molar-refractivity contribution in [2.45, 2.75) is 0 Å². The minimum Gasteiger partial charge on any atom is -0.398 e. The van der Waals surface area contributed by atoms with Gasteiger partial charge in [0.15, 0.2) is 0 Å². The smallest absolute Gasteiger partial charge is 0.270 e. The van der Waals surface area contributed by atoms with Crippen LogP contribution in [-0.2, 0) is 9.59 Å². The van der Waals surface area contributed by atoms with Gasteiger partial charge in [0, 0.05) is 5.69 Å². The molecule has 1 aliphatic heterocycles. The van der Waals surface area contributed by atoms with Crippen LogP contribution in [0.15, 0.2) is 18.2 Å². The number of carbonyl (C=O) groups is 4. The van der Waals surface area contributed by atoms with E-state index >= 15 is 0 Å². The van der Waals surface area contributed by atoms with Gasteiger partial charge in [-0.3, -0.25) is 19.2 Å². The van der Waals surface area contributed by atoms with Gasteiger partial charge < -0.3 is 16.8 Å². The molecule has 0 fully saturated rings. The lowest BCUT2D eigenvalue weighted by molar-refractivity contribution is -0.128. The van der Waals surface area contributed by atoms with Crippen LogP contribution in [0.4, 0.5) is 5.69 Å². The Morgan fingerprint density at radius 1 is 1.20 bits per heavy atom. The maximum Gasteiger partial charge on any atom is 0.270 e. The van der Waals surface area contributed by atoms with Crippen LogP contribution < -0.4 is 16.8 Å². The fourth-order valence-electron chi connectivity index (χ4n) is 1.86. The number of anilines is 1. The van der Waals surface area contributed by atoms with E-state index in [1.807, 2.05) is 0 Å². The normalized spacial score (nSPS) is 13.3. The molecule has 0 spiro atoms. The molecule has 8 heteroatoms. The number of fused-ring (bicyclic) bond motifs is 1. The highest BCUT2D eigenvalue weighted by molar-refractivity contribution is 6.30. The first-order valence-electron chi connectivity index (χ1n) is 5.74. The monoisotopic (exact) mass is 276 g/mol. The molecule has 1 aromatic rings. The second-order valence-corrected chi connectivity index (χ2v) is 4.09. The van der Waals surface area contributed by atoms with Crippen LogP contribution in [0.25, 0.3) is 0 Å². The summed E-state index contributed by atoms with van der Waals surface area (Å²) >= 11 is 0. The number of hydrogen-bond acceptors (Lipinski definition) is 6. The molecule has 0 bridgehead atoms. The molecule has 0 unspecified atom stereocenters. The summed E-state index contributed by atoms with van der Waals surface area (Å²) in [4.78, 5) is 47.4. The van der Waals surface area contributed by atoms with E-state index in [9.17, 15) is 19.2 Å². The second-order valence-electron chi connectivity index (χ2n) is 4.09. The lowest BCUT2D eigenvalue weighted by atomic mass is 10.1. The van der Waals surface area contributed by atoms with E-state index in [0.717, 1.165) is 0 Å². The van der Waals surface area contributed by atoms with E-state index in [2.05, 4.69) is 5.32 Å². The maximum atomic E-state index is 12.1. The van der Waals surface area contributed by atoms with Crippen LogP contribution in [-0.4, -0.2) is 41.6 Å². The van der Waals surface area contributed by atoms with Gasteiger partial charge >= 0.3 is 0 Å². The standard InChI is InChI=1S/C12H12N4O4/c13-4-8(17)15-5-9(18)16-11(19)6-2-1-3-7(14)10(6)12(16)20/h1-3H,4-5,13-14H2,(H,15,17). The van der Waals surface area contributed by atoms with E-state index < -0.39 is 30.2 Å². The summed E-state index contributed by atoms with van der Waals surface area (Å²) in [5.74, 6) is -2.92. The van der Waals surface area contributed by atoms with Gasteiger partial charge in [-0.05, 0) is 12.1 Å². The van der Waals surface area contributed by atoms with E-state index in [1.54, 1.807) is 0 Å². The van der Waals surface area contributed by atoms with Crippen LogP contribution in [0, 0.1) is 0 Å². The third-order valence-electron chi connectivity index (χ3n) is 2.82. The number of nitrogens with two attached hydrogens (primary N) is 2. The summed E-state index contributed by atoms with van der Waals surface area (Å²) in [7, 11) is 0. The molecule has 1 aliphatic rings. The lowest BCUT2D eigenvalue weighted by Crippen LogP contribution is -2.44. The number of nitrogens with one attached hydrogen (secondary N) is 1. The van der Waals surface area contributed by atoms with E-state index in [-0.39, 0.29) is 23.4 Å². The van der Waals surface area contributed by atoms with Gasteiger partial charge in [-0.25, -0.2) is 4.90 Å². The minimum atomic E-state index is -0.836. The molecule has 8 nitrogen and oxygen atoms in total. The molecule has 2 rings (SSSR count).